The van der Waals surface area contributed by atoms with Crippen LogP contribution in [0.3, 0.4) is 0 Å². The summed E-state index contributed by atoms with van der Waals surface area (Å²) >= 11 is 0. The van der Waals surface area contributed by atoms with Crippen molar-refractivity contribution in [2.75, 3.05) is 58.3 Å². The largest absolute Gasteiger partial charge is 0.480 e. The average molecular weight is 673 g/mol. The highest BCUT2D eigenvalue weighted by molar-refractivity contribution is 5.84. The van der Waals surface area contributed by atoms with Crippen molar-refractivity contribution in [3.8, 4) is 0 Å². The molecule has 3 heterocycles. The Hall–Kier alpha value is -4.68. The standard InChI is InChI=1S/C37H42F2N6O4/c1-41(2)15-14-28-21-43(33(37(48)49)19-24-8-9-25-6-4-5-7-26(25)18-24)16-17-45(28)36(47)31-23-44(34-12-13-35(46)42(3)40-34)22-30(31)29-11-10-27(38)20-32(29)39/h4-13,18,20,28,30-31,33H,14-17,19,21-23H2,1-3H3,(H,48,49)/t28-,30-,31+,33?/m0/s1. The molecule has 0 saturated carbocycles. The van der Waals surface area contributed by atoms with Gasteiger partial charge in [0, 0.05) is 63.9 Å². The van der Waals surface area contributed by atoms with Crippen LogP contribution >= 0.6 is 0 Å². The van der Waals surface area contributed by atoms with Crippen molar-refractivity contribution in [2.24, 2.45) is 13.0 Å². The van der Waals surface area contributed by atoms with Gasteiger partial charge < -0.3 is 19.8 Å². The maximum absolute atomic E-state index is 15.3. The molecule has 1 unspecified atom stereocenters. The first-order valence-electron chi connectivity index (χ1n) is 16.6. The maximum Gasteiger partial charge on any atom is 0.321 e. The van der Waals surface area contributed by atoms with E-state index in [1.165, 1.54) is 22.9 Å². The lowest BCUT2D eigenvalue weighted by Crippen LogP contribution is -2.60. The Labute approximate surface area is 284 Å². The molecule has 258 valence electrons. The van der Waals surface area contributed by atoms with E-state index in [1.54, 1.807) is 13.1 Å². The normalized spacial score (nSPS) is 20.7. The van der Waals surface area contributed by atoms with E-state index in [9.17, 15) is 23.9 Å². The molecule has 0 spiro atoms. The summed E-state index contributed by atoms with van der Waals surface area (Å²) < 4.78 is 30.4. The minimum atomic E-state index is -0.915. The third kappa shape index (κ3) is 7.50. The van der Waals surface area contributed by atoms with Crippen molar-refractivity contribution in [1.82, 2.24) is 24.5 Å². The summed E-state index contributed by atoms with van der Waals surface area (Å²) in [5, 5.41) is 16.9. The molecule has 0 bridgehead atoms. The number of nitrogens with zero attached hydrogens (tertiary/aromatic N) is 6. The third-order valence-electron chi connectivity index (χ3n) is 9.94. The number of aryl methyl sites for hydroxylation is 1. The highest BCUT2D eigenvalue weighted by atomic mass is 19.1. The van der Waals surface area contributed by atoms with Crippen molar-refractivity contribution in [3.05, 3.63) is 106 Å². The van der Waals surface area contributed by atoms with Gasteiger partial charge in [-0.3, -0.25) is 19.3 Å². The van der Waals surface area contributed by atoms with E-state index in [-0.39, 0.29) is 36.2 Å². The number of fused-ring (bicyclic) bond motifs is 1. The fraction of sp³-hybridized carbons (Fsp3) is 0.405. The fourth-order valence-corrected chi connectivity index (χ4v) is 7.30. The fourth-order valence-electron chi connectivity index (χ4n) is 7.30. The molecule has 2 fully saturated rings. The van der Waals surface area contributed by atoms with Gasteiger partial charge in [-0.15, -0.1) is 0 Å². The third-order valence-corrected chi connectivity index (χ3v) is 9.94. The van der Waals surface area contributed by atoms with Crippen LogP contribution in [0, 0.1) is 17.6 Å². The Morgan fingerprint density at radius 3 is 2.45 bits per heavy atom. The molecule has 4 atom stereocenters. The molecular formula is C37H42F2N6O4. The number of carboxylic acids is 1. The van der Waals surface area contributed by atoms with Gasteiger partial charge in [0.2, 0.25) is 5.91 Å². The van der Waals surface area contributed by atoms with Gasteiger partial charge in [-0.25, -0.2) is 13.5 Å². The summed E-state index contributed by atoms with van der Waals surface area (Å²) in [4.78, 5) is 47.1. The number of carbonyl (C=O) groups excluding carboxylic acids is 1. The first-order chi connectivity index (χ1) is 23.5. The second-order valence-electron chi connectivity index (χ2n) is 13.4. The van der Waals surface area contributed by atoms with Crippen LogP contribution in [-0.4, -0.2) is 107 Å². The Morgan fingerprint density at radius 1 is 0.959 bits per heavy atom. The summed E-state index contributed by atoms with van der Waals surface area (Å²) in [6.45, 7) is 2.21. The molecule has 2 saturated heterocycles. The lowest BCUT2D eigenvalue weighted by atomic mass is 9.86. The predicted octanol–water partition coefficient (Wildman–Crippen LogP) is 3.59. The van der Waals surface area contributed by atoms with Gasteiger partial charge in [0.1, 0.15) is 23.5 Å². The van der Waals surface area contributed by atoms with Gasteiger partial charge in [-0.1, -0.05) is 48.5 Å². The number of piperazine rings is 1. The molecule has 6 rings (SSSR count). The second kappa shape index (κ2) is 14.4. The SMILES string of the molecule is CN(C)CC[C@H]1CN(C(Cc2ccc3ccccc3c2)C(=O)O)CCN1C(=O)[C@@H]1CN(c2ccc(=O)n(C)n2)C[C@H]1c1ccc(F)cc1F. The Morgan fingerprint density at radius 2 is 1.73 bits per heavy atom. The number of aromatic nitrogens is 2. The summed E-state index contributed by atoms with van der Waals surface area (Å²) in [5.74, 6) is -3.29. The molecule has 1 amide bonds. The number of aliphatic carboxylic acids is 1. The summed E-state index contributed by atoms with van der Waals surface area (Å²) in [6, 6.07) is 19.4. The molecule has 10 nitrogen and oxygen atoms in total. The summed E-state index contributed by atoms with van der Waals surface area (Å²) in [7, 11) is 5.45. The molecule has 12 heteroatoms. The summed E-state index contributed by atoms with van der Waals surface area (Å²) in [6.07, 6.45) is 0.941. The molecule has 1 aromatic heterocycles. The van der Waals surface area contributed by atoms with Gasteiger partial charge in [-0.05, 0) is 67.5 Å². The van der Waals surface area contributed by atoms with E-state index >= 15 is 4.39 Å². The zero-order valence-electron chi connectivity index (χ0n) is 28.0. The minimum absolute atomic E-state index is 0.161. The second-order valence-corrected chi connectivity index (χ2v) is 13.4. The van der Waals surface area contributed by atoms with Gasteiger partial charge in [0.05, 0.1) is 5.92 Å². The van der Waals surface area contributed by atoms with Crippen LogP contribution < -0.4 is 10.5 Å². The quantitative estimate of drug-likeness (QED) is 0.273. The Kier molecular flexibility index (Phi) is 10.1. The van der Waals surface area contributed by atoms with Crippen LogP contribution in [0.2, 0.25) is 0 Å². The van der Waals surface area contributed by atoms with Crippen LogP contribution in [0.25, 0.3) is 10.8 Å². The lowest BCUT2D eigenvalue weighted by Gasteiger charge is -2.45. The molecule has 2 aliphatic heterocycles. The van der Waals surface area contributed by atoms with Crippen molar-refractivity contribution >= 4 is 28.5 Å². The van der Waals surface area contributed by atoms with Crippen molar-refractivity contribution in [3.63, 3.8) is 0 Å². The number of amides is 1. The van der Waals surface area contributed by atoms with Crippen LogP contribution in [0.1, 0.15) is 23.5 Å². The first-order valence-corrected chi connectivity index (χ1v) is 16.6. The number of benzene rings is 3. The number of halogens is 2. The van der Waals surface area contributed by atoms with Crippen molar-refractivity contribution in [1.29, 1.82) is 0 Å². The molecule has 0 aliphatic carbocycles. The van der Waals surface area contributed by atoms with E-state index in [4.69, 9.17) is 0 Å². The Bertz CT molecular complexity index is 1900. The number of hydrogen-bond acceptors (Lipinski definition) is 7. The first kappa shape index (κ1) is 34.2. The highest BCUT2D eigenvalue weighted by Gasteiger charge is 2.45. The molecule has 1 N–H and O–H groups in total. The van der Waals surface area contributed by atoms with E-state index in [0.29, 0.717) is 44.8 Å². The lowest BCUT2D eigenvalue weighted by molar-refractivity contribution is -0.147. The molecule has 0 radical (unpaired) electrons. The van der Waals surface area contributed by atoms with Crippen LogP contribution in [0.5, 0.6) is 0 Å². The zero-order valence-corrected chi connectivity index (χ0v) is 28.0. The van der Waals surface area contributed by atoms with Crippen LogP contribution in [0.15, 0.2) is 77.6 Å². The Balaban J connectivity index is 1.27. The van der Waals surface area contributed by atoms with Gasteiger partial charge >= 0.3 is 5.97 Å². The number of carbonyl (C=O) groups is 2. The monoisotopic (exact) mass is 672 g/mol. The number of anilines is 1. The van der Waals surface area contributed by atoms with Crippen LogP contribution in [0.4, 0.5) is 14.6 Å². The van der Waals surface area contributed by atoms with Gasteiger partial charge in [0.25, 0.3) is 5.56 Å². The van der Waals surface area contributed by atoms with Crippen molar-refractivity contribution < 1.29 is 23.5 Å². The number of carboxylic acid groups (broad SMARTS) is 1. The van der Waals surface area contributed by atoms with E-state index in [1.807, 2.05) is 76.2 Å². The summed E-state index contributed by atoms with van der Waals surface area (Å²) in [5.41, 5.74) is 0.896. The molecule has 3 aromatic carbocycles. The zero-order chi connectivity index (χ0) is 34.8. The predicted molar refractivity (Wildman–Crippen MR) is 184 cm³/mol. The average Bonchev–Trinajstić information content (AvgIpc) is 3.52. The van der Waals surface area contributed by atoms with Crippen LogP contribution in [-0.2, 0) is 23.1 Å². The maximum atomic E-state index is 15.3. The smallest absolute Gasteiger partial charge is 0.321 e. The topological polar surface area (TPSA) is 102 Å². The molecular weight excluding hydrogens is 630 g/mol. The van der Waals surface area contributed by atoms with Gasteiger partial charge in [0.15, 0.2) is 0 Å². The molecule has 49 heavy (non-hydrogen) atoms. The highest BCUT2D eigenvalue weighted by Crippen LogP contribution is 2.38. The van der Waals surface area contributed by atoms with E-state index in [2.05, 4.69) is 5.10 Å². The number of rotatable bonds is 10. The van der Waals surface area contributed by atoms with E-state index in [0.717, 1.165) is 22.4 Å². The van der Waals surface area contributed by atoms with Gasteiger partial charge in [-0.2, -0.15) is 5.10 Å². The van der Waals surface area contributed by atoms with E-state index < -0.39 is 35.5 Å². The molecule has 4 aromatic rings. The number of hydrogen-bond donors (Lipinski definition) is 1. The minimum Gasteiger partial charge on any atom is -0.480 e. The van der Waals surface area contributed by atoms with Crippen molar-refractivity contribution in [2.45, 2.75) is 30.8 Å². The molecule has 2 aliphatic rings.